The molecule has 0 heterocycles. The number of aliphatic hydroxyl groups excluding tert-OH is 1. The van der Waals surface area contributed by atoms with Gasteiger partial charge in [0.25, 0.3) is 0 Å². The molecule has 0 radical (unpaired) electrons. The van der Waals surface area contributed by atoms with Crippen LogP contribution in [0, 0.1) is 0 Å². The van der Waals surface area contributed by atoms with Gasteiger partial charge >= 0.3 is 0 Å². The van der Waals surface area contributed by atoms with Crippen LogP contribution in [0.2, 0.25) is 0 Å². The largest absolute Gasteiger partial charge is 0.493 e. The molecule has 0 aliphatic heterocycles. The Kier molecular flexibility index (Phi) is 7.70. The number of methoxy groups -OCH3 is 2. The third-order valence-corrected chi connectivity index (χ3v) is 2.51. The molecule has 1 atom stereocenters. The summed E-state index contributed by atoms with van der Waals surface area (Å²) >= 11 is 0. The van der Waals surface area contributed by atoms with Crippen molar-refractivity contribution in [1.29, 1.82) is 0 Å². The van der Waals surface area contributed by atoms with Crippen molar-refractivity contribution in [3.8, 4) is 11.5 Å². The molecule has 0 aliphatic rings. The molecule has 0 bridgehead atoms. The van der Waals surface area contributed by atoms with Crippen molar-refractivity contribution in [3.63, 3.8) is 0 Å². The quantitative estimate of drug-likeness (QED) is 0.821. The number of aliphatic hydroxyl groups is 1. The van der Waals surface area contributed by atoms with Gasteiger partial charge in [-0.05, 0) is 18.9 Å². The first-order valence-corrected chi connectivity index (χ1v) is 5.32. The minimum Gasteiger partial charge on any atom is -0.493 e. The third kappa shape index (κ3) is 4.07. The van der Waals surface area contributed by atoms with Crippen LogP contribution < -0.4 is 15.2 Å². The molecule has 0 spiro atoms. The van der Waals surface area contributed by atoms with Gasteiger partial charge in [-0.15, -0.1) is 12.4 Å². The van der Waals surface area contributed by atoms with E-state index in [4.69, 9.17) is 20.3 Å². The van der Waals surface area contributed by atoms with Crippen molar-refractivity contribution in [3.05, 3.63) is 23.8 Å². The van der Waals surface area contributed by atoms with Gasteiger partial charge in [-0.3, -0.25) is 0 Å². The van der Waals surface area contributed by atoms with E-state index in [1.807, 2.05) is 18.2 Å². The third-order valence-electron chi connectivity index (χ3n) is 2.51. The van der Waals surface area contributed by atoms with Crippen molar-refractivity contribution in [2.24, 2.45) is 5.73 Å². The molecule has 0 fully saturated rings. The van der Waals surface area contributed by atoms with Gasteiger partial charge in [0.05, 0.1) is 14.2 Å². The molecule has 0 unspecified atom stereocenters. The summed E-state index contributed by atoms with van der Waals surface area (Å²) in [5, 5.41) is 8.78. The first kappa shape index (κ1) is 16.0. The molecular formula is C12H20ClNO3. The van der Waals surface area contributed by atoms with Gasteiger partial charge in [0, 0.05) is 18.2 Å². The molecule has 3 N–H and O–H groups in total. The summed E-state index contributed by atoms with van der Waals surface area (Å²) in [4.78, 5) is 0. The van der Waals surface area contributed by atoms with Gasteiger partial charge in [0.2, 0.25) is 0 Å². The molecule has 5 heteroatoms. The van der Waals surface area contributed by atoms with Gasteiger partial charge < -0.3 is 20.3 Å². The molecule has 0 saturated carbocycles. The summed E-state index contributed by atoms with van der Waals surface area (Å²) in [5.74, 6) is 1.36. The number of para-hydroxylation sites is 1. The zero-order chi connectivity index (χ0) is 12.0. The predicted octanol–water partition coefficient (Wildman–Crippen LogP) is 1.90. The lowest BCUT2D eigenvalue weighted by molar-refractivity contribution is 0.279. The Morgan fingerprint density at radius 3 is 2.53 bits per heavy atom. The minimum atomic E-state index is -0.141. The second kappa shape index (κ2) is 8.17. The topological polar surface area (TPSA) is 64.7 Å². The number of nitrogens with two attached hydrogens (primary N) is 1. The number of hydrogen-bond donors (Lipinski definition) is 2. The van der Waals surface area contributed by atoms with Crippen LogP contribution in [0.25, 0.3) is 0 Å². The Bertz CT molecular complexity index is 334. The van der Waals surface area contributed by atoms with Crippen LogP contribution in [0.4, 0.5) is 0 Å². The number of halogens is 1. The average Bonchev–Trinajstić information content (AvgIpc) is 2.34. The average molecular weight is 262 g/mol. The zero-order valence-electron chi connectivity index (χ0n) is 10.2. The van der Waals surface area contributed by atoms with Gasteiger partial charge in [0.1, 0.15) is 0 Å². The minimum absolute atomic E-state index is 0. The van der Waals surface area contributed by atoms with E-state index in [2.05, 4.69) is 0 Å². The van der Waals surface area contributed by atoms with E-state index in [0.717, 1.165) is 12.0 Å². The van der Waals surface area contributed by atoms with Crippen LogP contribution in [0.3, 0.4) is 0 Å². The van der Waals surface area contributed by atoms with Crippen molar-refractivity contribution in [2.45, 2.75) is 18.9 Å². The molecule has 0 aromatic heterocycles. The summed E-state index contributed by atoms with van der Waals surface area (Å²) in [6.07, 6.45) is 1.40. The fourth-order valence-electron chi connectivity index (χ4n) is 1.67. The maximum atomic E-state index is 8.78. The zero-order valence-corrected chi connectivity index (χ0v) is 11.0. The first-order valence-electron chi connectivity index (χ1n) is 5.32. The summed E-state index contributed by atoms with van der Waals surface area (Å²) < 4.78 is 10.5. The van der Waals surface area contributed by atoms with Crippen molar-refractivity contribution < 1.29 is 14.6 Å². The van der Waals surface area contributed by atoms with Gasteiger partial charge in [-0.2, -0.15) is 0 Å². The molecule has 1 aromatic carbocycles. The highest BCUT2D eigenvalue weighted by molar-refractivity contribution is 5.85. The van der Waals surface area contributed by atoms with Crippen LogP contribution in [-0.2, 0) is 0 Å². The van der Waals surface area contributed by atoms with E-state index in [1.54, 1.807) is 14.2 Å². The van der Waals surface area contributed by atoms with Crippen molar-refractivity contribution in [1.82, 2.24) is 0 Å². The highest BCUT2D eigenvalue weighted by Crippen LogP contribution is 2.34. The van der Waals surface area contributed by atoms with Gasteiger partial charge in [-0.25, -0.2) is 0 Å². The standard InChI is InChI=1S/C12H19NO3.ClH/c1-15-11-7-3-5-9(12(11)16-2)10(13)6-4-8-14;/h3,5,7,10,14H,4,6,8,13H2,1-2H3;1H/t10-;/m1./s1. The van der Waals surface area contributed by atoms with E-state index >= 15 is 0 Å². The van der Waals surface area contributed by atoms with Crippen molar-refractivity contribution >= 4 is 12.4 Å². The predicted molar refractivity (Wildman–Crippen MR) is 70.0 cm³/mol. The molecular weight excluding hydrogens is 242 g/mol. The molecule has 1 aromatic rings. The Balaban J connectivity index is 0.00000256. The smallest absolute Gasteiger partial charge is 0.165 e. The molecule has 98 valence electrons. The second-order valence-corrected chi connectivity index (χ2v) is 3.56. The number of hydrogen-bond acceptors (Lipinski definition) is 4. The monoisotopic (exact) mass is 261 g/mol. The van der Waals surface area contributed by atoms with Crippen LogP contribution in [-0.4, -0.2) is 25.9 Å². The first-order chi connectivity index (χ1) is 7.74. The summed E-state index contributed by atoms with van der Waals surface area (Å²) in [5.41, 5.74) is 6.95. The lowest BCUT2D eigenvalue weighted by Gasteiger charge is -2.17. The molecule has 17 heavy (non-hydrogen) atoms. The maximum Gasteiger partial charge on any atom is 0.165 e. The fraction of sp³-hybridized carbons (Fsp3) is 0.500. The van der Waals surface area contributed by atoms with Crippen LogP contribution in [0.5, 0.6) is 11.5 Å². The van der Waals surface area contributed by atoms with Crippen LogP contribution >= 0.6 is 12.4 Å². The fourth-order valence-corrected chi connectivity index (χ4v) is 1.67. The summed E-state index contributed by atoms with van der Waals surface area (Å²) in [6.45, 7) is 0.153. The number of ether oxygens (including phenoxy) is 2. The number of benzene rings is 1. The van der Waals surface area contributed by atoms with E-state index < -0.39 is 0 Å². The van der Waals surface area contributed by atoms with Crippen LogP contribution in [0.15, 0.2) is 18.2 Å². The molecule has 4 nitrogen and oxygen atoms in total. The Hall–Kier alpha value is -0.970. The maximum absolute atomic E-state index is 8.78. The van der Waals surface area contributed by atoms with Crippen molar-refractivity contribution in [2.75, 3.05) is 20.8 Å². The normalized spacial score (nSPS) is 11.5. The second-order valence-electron chi connectivity index (χ2n) is 3.56. The summed E-state index contributed by atoms with van der Waals surface area (Å²) in [6, 6.07) is 5.50. The Labute approximate surface area is 108 Å². The highest BCUT2D eigenvalue weighted by Gasteiger charge is 2.15. The molecule has 0 amide bonds. The SMILES string of the molecule is COc1cccc([C@H](N)CCCO)c1OC.Cl. The molecule has 0 saturated heterocycles. The van der Waals surface area contributed by atoms with Gasteiger partial charge in [-0.1, -0.05) is 12.1 Å². The Morgan fingerprint density at radius 1 is 1.29 bits per heavy atom. The molecule has 0 aliphatic carbocycles. The van der Waals surface area contributed by atoms with Gasteiger partial charge in [0.15, 0.2) is 11.5 Å². The lowest BCUT2D eigenvalue weighted by atomic mass is 10.0. The molecule has 1 rings (SSSR count). The van der Waals surface area contributed by atoms with Crippen LogP contribution in [0.1, 0.15) is 24.4 Å². The number of rotatable bonds is 6. The lowest BCUT2D eigenvalue weighted by Crippen LogP contribution is -2.12. The Morgan fingerprint density at radius 2 is 2.00 bits per heavy atom. The van der Waals surface area contributed by atoms with E-state index in [0.29, 0.717) is 17.9 Å². The van der Waals surface area contributed by atoms with E-state index in [9.17, 15) is 0 Å². The van der Waals surface area contributed by atoms with E-state index in [-0.39, 0.29) is 25.1 Å². The van der Waals surface area contributed by atoms with E-state index in [1.165, 1.54) is 0 Å². The highest BCUT2D eigenvalue weighted by atomic mass is 35.5. The summed E-state index contributed by atoms with van der Waals surface area (Å²) in [7, 11) is 3.20.